The number of benzene rings is 1. The minimum atomic E-state index is -3.71. The van der Waals surface area contributed by atoms with E-state index in [1.807, 2.05) is 6.92 Å². The molecule has 0 radical (unpaired) electrons. The van der Waals surface area contributed by atoms with E-state index in [-0.39, 0.29) is 15.7 Å². The Morgan fingerprint density at radius 2 is 1.95 bits per heavy atom. The molecule has 20 heavy (non-hydrogen) atoms. The van der Waals surface area contributed by atoms with E-state index in [4.69, 9.17) is 11.6 Å². The molecule has 1 N–H and O–H groups in total. The van der Waals surface area contributed by atoms with Crippen molar-refractivity contribution >= 4 is 59.2 Å². The second kappa shape index (κ2) is 6.01. The van der Waals surface area contributed by atoms with Crippen LogP contribution < -0.4 is 4.72 Å². The zero-order valence-corrected chi connectivity index (χ0v) is 14.9. The molecule has 0 aliphatic carbocycles. The molecular formula is C12H9Br2ClN2O2S. The molecule has 2 aromatic rings. The lowest BCUT2D eigenvalue weighted by Crippen LogP contribution is -2.13. The summed E-state index contributed by atoms with van der Waals surface area (Å²) in [5.74, 6) is 0. The average Bonchev–Trinajstić information content (AvgIpc) is 2.36. The number of halogens is 3. The summed E-state index contributed by atoms with van der Waals surface area (Å²) in [5, 5.41) is 0.0885. The largest absolute Gasteiger partial charge is 0.276 e. The van der Waals surface area contributed by atoms with E-state index in [1.54, 1.807) is 18.2 Å². The van der Waals surface area contributed by atoms with Crippen LogP contribution in [0, 0.1) is 6.92 Å². The van der Waals surface area contributed by atoms with Gasteiger partial charge >= 0.3 is 0 Å². The molecule has 2 rings (SSSR count). The van der Waals surface area contributed by atoms with E-state index in [2.05, 4.69) is 41.6 Å². The predicted molar refractivity (Wildman–Crippen MR) is 86.6 cm³/mol. The van der Waals surface area contributed by atoms with Gasteiger partial charge in [0.2, 0.25) is 0 Å². The van der Waals surface area contributed by atoms with Crippen molar-refractivity contribution in [1.29, 1.82) is 0 Å². The van der Waals surface area contributed by atoms with Gasteiger partial charge in [-0.3, -0.25) is 4.72 Å². The number of rotatable bonds is 3. The SMILES string of the molecule is Cc1cc(S(=O)(=O)Nc2cc(Br)cnc2Cl)ccc1Br. The molecule has 0 bridgehead atoms. The third-order valence-corrected chi connectivity index (χ3v) is 5.48. The van der Waals surface area contributed by atoms with E-state index in [0.29, 0.717) is 4.47 Å². The standard InChI is InChI=1S/C12H9Br2ClN2O2S/c1-7-4-9(2-3-10(7)14)20(18,19)17-11-5-8(13)6-16-12(11)15/h2-6,17H,1H3. The lowest BCUT2D eigenvalue weighted by molar-refractivity contribution is 0.601. The van der Waals surface area contributed by atoms with Crippen LogP contribution in [0.1, 0.15) is 5.56 Å². The summed E-state index contributed by atoms with van der Waals surface area (Å²) in [6, 6.07) is 6.33. The van der Waals surface area contributed by atoms with Gasteiger partial charge in [0, 0.05) is 15.1 Å². The van der Waals surface area contributed by atoms with Gasteiger partial charge in [0.1, 0.15) is 0 Å². The second-order valence-electron chi connectivity index (χ2n) is 4.01. The first-order valence-electron chi connectivity index (χ1n) is 5.39. The number of hydrogen-bond donors (Lipinski definition) is 1. The number of pyridine rings is 1. The second-order valence-corrected chi connectivity index (χ2v) is 7.82. The number of nitrogens with zero attached hydrogens (tertiary/aromatic N) is 1. The fourth-order valence-electron chi connectivity index (χ4n) is 1.48. The van der Waals surface area contributed by atoms with Gasteiger partial charge in [-0.1, -0.05) is 27.5 Å². The lowest BCUT2D eigenvalue weighted by atomic mass is 10.2. The summed E-state index contributed by atoms with van der Waals surface area (Å²) >= 11 is 12.4. The van der Waals surface area contributed by atoms with Crippen LogP contribution in [-0.2, 0) is 10.0 Å². The number of sulfonamides is 1. The third kappa shape index (κ3) is 3.52. The number of anilines is 1. The van der Waals surface area contributed by atoms with Crippen LogP contribution in [0.25, 0.3) is 0 Å². The molecule has 0 saturated carbocycles. The van der Waals surface area contributed by atoms with Crippen molar-refractivity contribution in [2.45, 2.75) is 11.8 Å². The molecule has 0 fully saturated rings. The van der Waals surface area contributed by atoms with Gasteiger partial charge < -0.3 is 0 Å². The highest BCUT2D eigenvalue weighted by Crippen LogP contribution is 2.27. The van der Waals surface area contributed by atoms with Gasteiger partial charge in [-0.05, 0) is 52.7 Å². The molecule has 0 atom stereocenters. The Morgan fingerprint density at radius 1 is 1.25 bits per heavy atom. The molecule has 0 aliphatic heterocycles. The number of hydrogen-bond acceptors (Lipinski definition) is 3. The van der Waals surface area contributed by atoms with Gasteiger partial charge in [0.25, 0.3) is 10.0 Å². The molecule has 1 aromatic heterocycles. The van der Waals surface area contributed by atoms with Crippen molar-refractivity contribution in [1.82, 2.24) is 4.98 Å². The monoisotopic (exact) mass is 438 g/mol. The van der Waals surface area contributed by atoms with Gasteiger partial charge in [-0.25, -0.2) is 13.4 Å². The molecular weight excluding hydrogens is 431 g/mol. The lowest BCUT2D eigenvalue weighted by Gasteiger charge is -2.10. The maximum Gasteiger partial charge on any atom is 0.262 e. The van der Waals surface area contributed by atoms with Crippen molar-refractivity contribution in [2.75, 3.05) is 4.72 Å². The van der Waals surface area contributed by atoms with Gasteiger partial charge in [-0.15, -0.1) is 0 Å². The van der Waals surface area contributed by atoms with Crippen LogP contribution in [0.2, 0.25) is 5.15 Å². The van der Waals surface area contributed by atoms with Gasteiger partial charge in [0.05, 0.1) is 10.6 Å². The molecule has 0 amide bonds. The average molecular weight is 441 g/mol. The highest BCUT2D eigenvalue weighted by atomic mass is 79.9. The zero-order valence-electron chi connectivity index (χ0n) is 10.2. The summed E-state index contributed by atoms with van der Waals surface area (Å²) in [5.41, 5.74) is 1.05. The molecule has 0 spiro atoms. The van der Waals surface area contributed by atoms with Gasteiger partial charge in [0.15, 0.2) is 5.15 Å². The highest BCUT2D eigenvalue weighted by Gasteiger charge is 2.17. The number of nitrogens with one attached hydrogen (secondary N) is 1. The minimum Gasteiger partial charge on any atom is -0.276 e. The molecule has 0 aliphatic rings. The van der Waals surface area contributed by atoms with Crippen molar-refractivity contribution in [3.8, 4) is 0 Å². The first-order chi connectivity index (χ1) is 9.29. The van der Waals surface area contributed by atoms with Crippen molar-refractivity contribution in [3.05, 3.63) is 50.1 Å². The van der Waals surface area contributed by atoms with E-state index >= 15 is 0 Å². The molecule has 106 valence electrons. The fourth-order valence-corrected chi connectivity index (χ4v) is 3.41. The molecule has 0 saturated heterocycles. The summed E-state index contributed by atoms with van der Waals surface area (Å²) in [6.45, 7) is 1.82. The van der Waals surface area contributed by atoms with Crippen LogP contribution in [0.5, 0.6) is 0 Å². The Hall–Kier alpha value is -0.630. The summed E-state index contributed by atoms with van der Waals surface area (Å²) in [6.07, 6.45) is 1.49. The first-order valence-corrected chi connectivity index (χ1v) is 8.84. The molecule has 1 heterocycles. The van der Waals surface area contributed by atoms with Gasteiger partial charge in [-0.2, -0.15) is 0 Å². The van der Waals surface area contributed by atoms with Crippen LogP contribution in [-0.4, -0.2) is 13.4 Å². The van der Waals surface area contributed by atoms with E-state index in [0.717, 1.165) is 10.0 Å². The quantitative estimate of drug-likeness (QED) is 0.721. The molecule has 4 nitrogen and oxygen atoms in total. The Morgan fingerprint density at radius 3 is 2.60 bits per heavy atom. The summed E-state index contributed by atoms with van der Waals surface area (Å²) in [7, 11) is -3.71. The molecule has 0 unspecified atom stereocenters. The number of aromatic nitrogens is 1. The first kappa shape index (κ1) is 15.8. The predicted octanol–water partition coefficient (Wildman–Crippen LogP) is 4.37. The molecule has 1 aromatic carbocycles. The zero-order chi connectivity index (χ0) is 14.9. The van der Waals surface area contributed by atoms with Crippen LogP contribution in [0.15, 0.2) is 44.3 Å². The maximum absolute atomic E-state index is 12.3. The summed E-state index contributed by atoms with van der Waals surface area (Å²) in [4.78, 5) is 4.03. The Kier molecular flexibility index (Phi) is 4.73. The Balaban J connectivity index is 2.40. The topological polar surface area (TPSA) is 59.1 Å². The highest BCUT2D eigenvalue weighted by molar-refractivity contribution is 9.10. The van der Waals surface area contributed by atoms with Crippen molar-refractivity contribution < 1.29 is 8.42 Å². The third-order valence-electron chi connectivity index (χ3n) is 2.49. The van der Waals surface area contributed by atoms with Crippen molar-refractivity contribution in [2.24, 2.45) is 0 Å². The van der Waals surface area contributed by atoms with E-state index in [9.17, 15) is 8.42 Å². The van der Waals surface area contributed by atoms with Crippen LogP contribution >= 0.6 is 43.5 Å². The van der Waals surface area contributed by atoms with Crippen molar-refractivity contribution in [3.63, 3.8) is 0 Å². The smallest absolute Gasteiger partial charge is 0.262 e. The Bertz CT molecular complexity index is 766. The fraction of sp³-hybridized carbons (Fsp3) is 0.0833. The van der Waals surface area contributed by atoms with Crippen LogP contribution in [0.4, 0.5) is 5.69 Å². The van der Waals surface area contributed by atoms with E-state index in [1.165, 1.54) is 12.3 Å². The van der Waals surface area contributed by atoms with Crippen LogP contribution in [0.3, 0.4) is 0 Å². The van der Waals surface area contributed by atoms with E-state index < -0.39 is 10.0 Å². The minimum absolute atomic E-state index is 0.0885. The maximum atomic E-state index is 12.3. The molecule has 8 heteroatoms. The number of aryl methyl sites for hydroxylation is 1. The summed E-state index contributed by atoms with van der Waals surface area (Å²) < 4.78 is 28.5. The Labute approximate surface area is 138 Å². The normalized spacial score (nSPS) is 11.4.